The maximum absolute atomic E-state index is 5.58. The molecule has 1 aromatic carbocycles. The van der Waals surface area contributed by atoms with E-state index < -0.39 is 0 Å². The summed E-state index contributed by atoms with van der Waals surface area (Å²) in [4.78, 5) is 0. The Kier molecular flexibility index (Phi) is 4.14. The van der Waals surface area contributed by atoms with Crippen molar-refractivity contribution in [3.63, 3.8) is 0 Å². The van der Waals surface area contributed by atoms with Gasteiger partial charge < -0.3 is 15.2 Å². The SMILES string of the molecule is COc1ccc(OCCn2cc(CN)nn2)cc1. The molecule has 1 aromatic heterocycles. The molecule has 2 N–H and O–H groups in total. The zero-order valence-corrected chi connectivity index (χ0v) is 10.2. The van der Waals surface area contributed by atoms with Gasteiger partial charge in [-0.3, -0.25) is 0 Å². The molecule has 0 atom stereocenters. The van der Waals surface area contributed by atoms with Crippen LogP contribution in [0.3, 0.4) is 0 Å². The Balaban J connectivity index is 1.80. The van der Waals surface area contributed by atoms with Crippen molar-refractivity contribution in [3.05, 3.63) is 36.2 Å². The van der Waals surface area contributed by atoms with E-state index in [9.17, 15) is 0 Å². The molecule has 0 spiro atoms. The van der Waals surface area contributed by atoms with E-state index in [1.54, 1.807) is 11.8 Å². The first-order valence-corrected chi connectivity index (χ1v) is 5.68. The minimum Gasteiger partial charge on any atom is -0.497 e. The molecule has 96 valence electrons. The molecule has 0 aliphatic heterocycles. The zero-order chi connectivity index (χ0) is 12.8. The van der Waals surface area contributed by atoms with Crippen LogP contribution in [0.1, 0.15) is 5.69 Å². The zero-order valence-electron chi connectivity index (χ0n) is 10.2. The molecule has 0 amide bonds. The summed E-state index contributed by atoms with van der Waals surface area (Å²) in [6, 6.07) is 7.45. The van der Waals surface area contributed by atoms with Gasteiger partial charge in [-0.15, -0.1) is 5.10 Å². The maximum Gasteiger partial charge on any atom is 0.119 e. The highest BCUT2D eigenvalue weighted by Gasteiger charge is 1.99. The highest BCUT2D eigenvalue weighted by atomic mass is 16.5. The van der Waals surface area contributed by atoms with Gasteiger partial charge in [0.15, 0.2) is 0 Å². The van der Waals surface area contributed by atoms with Gasteiger partial charge in [-0.2, -0.15) is 0 Å². The molecular formula is C12H16N4O2. The molecule has 2 aromatic rings. The normalized spacial score (nSPS) is 10.3. The lowest BCUT2D eigenvalue weighted by atomic mass is 10.3. The van der Waals surface area contributed by atoms with E-state index in [0.717, 1.165) is 17.2 Å². The molecule has 0 saturated heterocycles. The third kappa shape index (κ3) is 3.21. The van der Waals surface area contributed by atoms with Crippen LogP contribution >= 0.6 is 0 Å². The van der Waals surface area contributed by atoms with Gasteiger partial charge in [-0.1, -0.05) is 5.21 Å². The van der Waals surface area contributed by atoms with Gasteiger partial charge in [0, 0.05) is 12.7 Å². The van der Waals surface area contributed by atoms with Crippen LogP contribution in [-0.2, 0) is 13.1 Å². The number of rotatable bonds is 6. The molecular weight excluding hydrogens is 232 g/mol. The predicted octanol–water partition coefficient (Wildman–Crippen LogP) is 0.824. The molecule has 0 bridgehead atoms. The van der Waals surface area contributed by atoms with Crippen molar-refractivity contribution in [1.82, 2.24) is 15.0 Å². The maximum atomic E-state index is 5.58. The van der Waals surface area contributed by atoms with Gasteiger partial charge in [-0.05, 0) is 24.3 Å². The van der Waals surface area contributed by atoms with Crippen LogP contribution in [0.25, 0.3) is 0 Å². The largest absolute Gasteiger partial charge is 0.497 e. The molecule has 1 heterocycles. The summed E-state index contributed by atoms with van der Waals surface area (Å²) in [6.07, 6.45) is 1.82. The summed E-state index contributed by atoms with van der Waals surface area (Å²) in [5.74, 6) is 1.61. The van der Waals surface area contributed by atoms with Gasteiger partial charge in [0.25, 0.3) is 0 Å². The Morgan fingerprint density at radius 1 is 1.22 bits per heavy atom. The second kappa shape index (κ2) is 6.02. The van der Waals surface area contributed by atoms with E-state index in [4.69, 9.17) is 15.2 Å². The fraction of sp³-hybridized carbons (Fsp3) is 0.333. The van der Waals surface area contributed by atoms with Crippen LogP contribution in [0.15, 0.2) is 30.5 Å². The predicted molar refractivity (Wildman–Crippen MR) is 66.4 cm³/mol. The quantitative estimate of drug-likeness (QED) is 0.819. The smallest absolute Gasteiger partial charge is 0.119 e. The summed E-state index contributed by atoms with van der Waals surface area (Å²) in [5.41, 5.74) is 6.23. The van der Waals surface area contributed by atoms with E-state index in [-0.39, 0.29) is 0 Å². The van der Waals surface area contributed by atoms with E-state index in [1.807, 2.05) is 30.5 Å². The molecule has 6 nitrogen and oxygen atoms in total. The van der Waals surface area contributed by atoms with Crippen LogP contribution in [0.5, 0.6) is 11.5 Å². The number of ether oxygens (including phenoxy) is 2. The topological polar surface area (TPSA) is 75.2 Å². The molecule has 18 heavy (non-hydrogen) atoms. The second-order valence-electron chi connectivity index (χ2n) is 3.70. The van der Waals surface area contributed by atoms with E-state index in [1.165, 1.54) is 0 Å². The Morgan fingerprint density at radius 2 is 1.94 bits per heavy atom. The first-order chi connectivity index (χ1) is 8.81. The first kappa shape index (κ1) is 12.4. The minimum atomic E-state index is 0.402. The van der Waals surface area contributed by atoms with E-state index in [2.05, 4.69) is 10.3 Å². The lowest BCUT2D eigenvalue weighted by Crippen LogP contribution is -2.08. The van der Waals surface area contributed by atoms with Crippen LogP contribution < -0.4 is 15.2 Å². The minimum absolute atomic E-state index is 0.402. The third-order valence-corrected chi connectivity index (χ3v) is 2.44. The molecule has 0 radical (unpaired) electrons. The number of nitrogens with two attached hydrogens (primary N) is 1. The molecule has 0 aliphatic rings. The number of hydrogen-bond acceptors (Lipinski definition) is 5. The average molecular weight is 248 g/mol. The van der Waals surface area contributed by atoms with Crippen LogP contribution in [-0.4, -0.2) is 28.7 Å². The number of hydrogen-bond donors (Lipinski definition) is 1. The van der Waals surface area contributed by atoms with E-state index in [0.29, 0.717) is 19.7 Å². The van der Waals surface area contributed by atoms with Crippen molar-refractivity contribution >= 4 is 0 Å². The lowest BCUT2D eigenvalue weighted by Gasteiger charge is -2.06. The monoisotopic (exact) mass is 248 g/mol. The van der Waals surface area contributed by atoms with Crippen molar-refractivity contribution in [2.75, 3.05) is 13.7 Å². The van der Waals surface area contributed by atoms with Gasteiger partial charge in [0.05, 0.1) is 19.3 Å². The van der Waals surface area contributed by atoms with E-state index >= 15 is 0 Å². The Morgan fingerprint density at radius 3 is 2.56 bits per heavy atom. The average Bonchev–Trinajstić information content (AvgIpc) is 2.87. The van der Waals surface area contributed by atoms with Gasteiger partial charge in [-0.25, -0.2) is 4.68 Å². The first-order valence-electron chi connectivity index (χ1n) is 5.68. The number of nitrogens with zero attached hydrogens (tertiary/aromatic N) is 3. The molecule has 0 saturated carbocycles. The van der Waals surface area contributed by atoms with Crippen molar-refractivity contribution < 1.29 is 9.47 Å². The molecule has 0 aliphatic carbocycles. The molecule has 0 fully saturated rings. The molecule has 2 rings (SSSR count). The Bertz CT molecular complexity index is 481. The summed E-state index contributed by atoms with van der Waals surface area (Å²) in [7, 11) is 1.63. The van der Waals surface area contributed by atoms with Crippen LogP contribution in [0.4, 0.5) is 0 Å². The van der Waals surface area contributed by atoms with Crippen LogP contribution in [0.2, 0.25) is 0 Å². The van der Waals surface area contributed by atoms with Crippen molar-refractivity contribution in [2.45, 2.75) is 13.1 Å². The Hall–Kier alpha value is -2.08. The van der Waals surface area contributed by atoms with Gasteiger partial charge >= 0.3 is 0 Å². The lowest BCUT2D eigenvalue weighted by molar-refractivity contribution is 0.289. The highest BCUT2D eigenvalue weighted by molar-refractivity contribution is 5.31. The number of benzene rings is 1. The van der Waals surface area contributed by atoms with Crippen LogP contribution in [0, 0.1) is 0 Å². The summed E-state index contributed by atoms with van der Waals surface area (Å²) >= 11 is 0. The fourth-order valence-corrected chi connectivity index (χ4v) is 1.47. The molecule has 0 unspecified atom stereocenters. The molecule has 6 heteroatoms. The van der Waals surface area contributed by atoms with Gasteiger partial charge in [0.2, 0.25) is 0 Å². The fourth-order valence-electron chi connectivity index (χ4n) is 1.47. The van der Waals surface area contributed by atoms with Crippen molar-refractivity contribution in [2.24, 2.45) is 5.73 Å². The summed E-state index contributed by atoms with van der Waals surface area (Å²) in [5, 5.41) is 7.83. The van der Waals surface area contributed by atoms with Gasteiger partial charge in [0.1, 0.15) is 18.1 Å². The Labute approximate surface area is 105 Å². The van der Waals surface area contributed by atoms with Crippen molar-refractivity contribution in [1.29, 1.82) is 0 Å². The number of aromatic nitrogens is 3. The summed E-state index contributed by atoms with van der Waals surface area (Å²) in [6.45, 7) is 1.57. The standard InChI is InChI=1S/C12H16N4O2/c1-17-11-2-4-12(5-3-11)18-7-6-16-9-10(8-13)14-15-16/h2-5,9H,6-8,13H2,1H3. The van der Waals surface area contributed by atoms with Crippen molar-refractivity contribution in [3.8, 4) is 11.5 Å². The number of methoxy groups -OCH3 is 1. The second-order valence-corrected chi connectivity index (χ2v) is 3.70. The highest BCUT2D eigenvalue weighted by Crippen LogP contribution is 2.16. The third-order valence-electron chi connectivity index (χ3n) is 2.44. The summed E-state index contributed by atoms with van der Waals surface area (Å²) < 4.78 is 12.4.